The van der Waals surface area contributed by atoms with Gasteiger partial charge >= 0.3 is 0 Å². The monoisotopic (exact) mass is 234 g/mol. The van der Waals surface area contributed by atoms with E-state index in [9.17, 15) is 0 Å². The van der Waals surface area contributed by atoms with Gasteiger partial charge in [0.2, 0.25) is 0 Å². The summed E-state index contributed by atoms with van der Waals surface area (Å²) >= 11 is 0. The molecule has 1 unspecified atom stereocenters. The highest BCUT2D eigenvalue weighted by atomic mass is 35.5. The number of β-amino-alcohol motifs (C(OH)–C–C–N with tert-alkyl or cyclic N) is 1. The molecule has 0 saturated carbocycles. The summed E-state index contributed by atoms with van der Waals surface area (Å²) in [6.07, 6.45) is 2.03. The van der Waals surface area contributed by atoms with Gasteiger partial charge in [-0.1, -0.05) is 0 Å². The van der Waals surface area contributed by atoms with E-state index in [1.807, 2.05) is 6.92 Å². The molecule has 1 aliphatic rings. The normalized spacial score (nSPS) is 19.7. The molecule has 88 valence electrons. The number of nitrogens with one attached hydrogen (secondary N) is 2. The van der Waals surface area contributed by atoms with Gasteiger partial charge in [-0.3, -0.25) is 5.10 Å². The topological polar surface area (TPSA) is 87.0 Å². The number of nitrogen functional groups attached to an aromatic ring is 1. The summed E-state index contributed by atoms with van der Waals surface area (Å²) in [4.78, 5) is 0. The van der Waals surface area contributed by atoms with Gasteiger partial charge in [0, 0.05) is 18.3 Å². The maximum atomic E-state index is 8.85. The van der Waals surface area contributed by atoms with Crippen molar-refractivity contribution in [2.45, 2.75) is 25.9 Å². The Hall–Kier alpha value is -0.780. The third kappa shape index (κ3) is 6.33. The number of halogens is 1. The van der Waals surface area contributed by atoms with Crippen LogP contribution < -0.4 is 11.1 Å². The van der Waals surface area contributed by atoms with Crippen molar-refractivity contribution in [3.63, 3.8) is 0 Å². The second kappa shape index (κ2) is 7.50. The lowest BCUT2D eigenvalue weighted by Gasteiger charge is -2.16. The number of hydrogen-bond donors (Lipinski definition) is 4. The largest absolute Gasteiger partial charge is 0.392 e. The van der Waals surface area contributed by atoms with E-state index < -0.39 is 0 Å². The highest BCUT2D eigenvalue weighted by molar-refractivity contribution is 5.85. The van der Waals surface area contributed by atoms with Gasteiger partial charge in [-0.25, -0.2) is 0 Å². The Morgan fingerprint density at radius 2 is 2.33 bits per heavy atom. The summed E-state index contributed by atoms with van der Waals surface area (Å²) in [5.74, 6) is 0.553. The van der Waals surface area contributed by atoms with E-state index in [2.05, 4.69) is 15.5 Å². The first-order valence-electron chi connectivity index (χ1n) is 4.85. The van der Waals surface area contributed by atoms with Crippen molar-refractivity contribution in [2.75, 3.05) is 18.8 Å². The zero-order valence-electron chi connectivity index (χ0n) is 8.86. The fraction of sp³-hybridized carbons (Fsp3) is 0.667. The molecule has 0 aromatic carbocycles. The highest BCUT2D eigenvalue weighted by Gasteiger charge is 2.06. The van der Waals surface area contributed by atoms with Crippen molar-refractivity contribution in [1.29, 1.82) is 0 Å². The second-order valence-corrected chi connectivity index (χ2v) is 3.48. The first-order chi connectivity index (χ1) is 6.68. The summed E-state index contributed by atoms with van der Waals surface area (Å²) in [5, 5.41) is 18.3. The molecule has 1 aliphatic heterocycles. The highest BCUT2D eigenvalue weighted by Crippen LogP contribution is 1.98. The Morgan fingerprint density at radius 1 is 1.60 bits per heavy atom. The molecule has 6 heteroatoms. The summed E-state index contributed by atoms with van der Waals surface area (Å²) in [5.41, 5.74) is 6.23. The average molecular weight is 235 g/mol. The van der Waals surface area contributed by atoms with Crippen molar-refractivity contribution >= 4 is 18.2 Å². The van der Waals surface area contributed by atoms with Gasteiger partial charge in [-0.2, -0.15) is 5.10 Å². The number of nitrogens with two attached hydrogens (primary N) is 1. The number of aromatic amines is 1. The smallest absolute Gasteiger partial charge is 0.145 e. The Morgan fingerprint density at radius 3 is 2.53 bits per heavy atom. The minimum atomic E-state index is -0.0752. The number of aryl methyl sites for hydroxylation is 1. The van der Waals surface area contributed by atoms with Crippen LogP contribution in [-0.4, -0.2) is 34.5 Å². The number of piperidine rings is 1. The number of aliphatic hydroxyl groups excluding tert-OH is 1. The third-order valence-corrected chi connectivity index (χ3v) is 2.00. The van der Waals surface area contributed by atoms with E-state index in [4.69, 9.17) is 10.8 Å². The number of anilines is 1. The molecule has 0 aliphatic carbocycles. The predicted octanol–water partition coefficient (Wildman–Crippen LogP) is 0.453. The van der Waals surface area contributed by atoms with Gasteiger partial charge in [0.15, 0.2) is 0 Å². The molecular formula is C9H19ClN4O. The quantitative estimate of drug-likeness (QED) is 0.525. The number of aromatic nitrogens is 2. The lowest BCUT2D eigenvalue weighted by molar-refractivity contribution is 0.142. The SMILES string of the molecule is Cc1cc(N)n[nH]1.Cl.OC1CCCNC1. The van der Waals surface area contributed by atoms with E-state index in [-0.39, 0.29) is 18.5 Å². The van der Waals surface area contributed by atoms with Crippen LogP contribution in [0, 0.1) is 6.92 Å². The van der Waals surface area contributed by atoms with E-state index in [1.54, 1.807) is 6.07 Å². The minimum Gasteiger partial charge on any atom is -0.392 e. The number of aliphatic hydroxyl groups is 1. The van der Waals surface area contributed by atoms with E-state index >= 15 is 0 Å². The summed E-state index contributed by atoms with van der Waals surface area (Å²) in [7, 11) is 0. The molecular weight excluding hydrogens is 216 g/mol. The first kappa shape index (κ1) is 14.2. The first-order valence-corrected chi connectivity index (χ1v) is 4.85. The summed E-state index contributed by atoms with van der Waals surface area (Å²) < 4.78 is 0. The standard InChI is InChI=1S/C5H11NO.C4H7N3.ClH/c7-5-2-1-3-6-4-5;1-3-2-4(5)7-6-3;/h5-7H,1-4H2;2H,1H3,(H3,5,6,7);1H. The maximum absolute atomic E-state index is 8.85. The second-order valence-electron chi connectivity index (χ2n) is 3.48. The molecule has 0 amide bonds. The lowest BCUT2D eigenvalue weighted by atomic mass is 10.1. The van der Waals surface area contributed by atoms with Crippen molar-refractivity contribution < 1.29 is 5.11 Å². The molecule has 1 fully saturated rings. The molecule has 1 atom stereocenters. The molecule has 5 N–H and O–H groups in total. The zero-order chi connectivity index (χ0) is 10.4. The molecule has 0 radical (unpaired) electrons. The van der Waals surface area contributed by atoms with Gasteiger partial charge in [0.05, 0.1) is 6.10 Å². The molecule has 1 aromatic heterocycles. The predicted molar refractivity (Wildman–Crippen MR) is 63.1 cm³/mol. The fourth-order valence-electron chi connectivity index (χ4n) is 1.27. The Balaban J connectivity index is 0.000000245. The van der Waals surface area contributed by atoms with Crippen LogP contribution in [0.3, 0.4) is 0 Å². The molecule has 2 rings (SSSR count). The van der Waals surface area contributed by atoms with Crippen LogP contribution in [0.2, 0.25) is 0 Å². The molecule has 5 nitrogen and oxygen atoms in total. The van der Waals surface area contributed by atoms with Gasteiger partial charge in [-0.05, 0) is 26.3 Å². The number of rotatable bonds is 0. The molecule has 1 saturated heterocycles. The fourth-order valence-corrected chi connectivity index (χ4v) is 1.27. The van der Waals surface area contributed by atoms with Crippen molar-refractivity contribution in [3.8, 4) is 0 Å². The summed E-state index contributed by atoms with van der Waals surface area (Å²) in [6, 6.07) is 1.78. The number of hydrogen-bond acceptors (Lipinski definition) is 4. The van der Waals surface area contributed by atoms with Crippen LogP contribution in [0.1, 0.15) is 18.5 Å². The lowest BCUT2D eigenvalue weighted by Crippen LogP contribution is -2.33. The van der Waals surface area contributed by atoms with Gasteiger partial charge in [0.25, 0.3) is 0 Å². The number of H-pyrrole nitrogens is 1. The van der Waals surface area contributed by atoms with Crippen LogP contribution >= 0.6 is 12.4 Å². The van der Waals surface area contributed by atoms with Crippen LogP contribution in [0.4, 0.5) is 5.82 Å². The molecule has 15 heavy (non-hydrogen) atoms. The zero-order valence-corrected chi connectivity index (χ0v) is 9.68. The Kier molecular flexibility index (Phi) is 7.11. The molecule has 2 heterocycles. The van der Waals surface area contributed by atoms with Crippen LogP contribution in [-0.2, 0) is 0 Å². The molecule has 0 spiro atoms. The van der Waals surface area contributed by atoms with Crippen molar-refractivity contribution in [3.05, 3.63) is 11.8 Å². The van der Waals surface area contributed by atoms with E-state index in [1.165, 1.54) is 0 Å². The Labute approximate surface area is 95.9 Å². The van der Waals surface area contributed by atoms with Gasteiger partial charge in [0.1, 0.15) is 5.82 Å². The van der Waals surface area contributed by atoms with E-state index in [0.717, 1.165) is 31.6 Å². The van der Waals surface area contributed by atoms with Gasteiger partial charge in [-0.15, -0.1) is 12.4 Å². The minimum absolute atomic E-state index is 0. The summed E-state index contributed by atoms with van der Waals surface area (Å²) in [6.45, 7) is 3.78. The Bertz CT molecular complexity index is 244. The maximum Gasteiger partial charge on any atom is 0.145 e. The van der Waals surface area contributed by atoms with E-state index in [0.29, 0.717) is 5.82 Å². The average Bonchev–Trinajstić information content (AvgIpc) is 2.52. The third-order valence-electron chi connectivity index (χ3n) is 2.00. The molecule has 1 aromatic rings. The van der Waals surface area contributed by atoms with Crippen molar-refractivity contribution in [2.24, 2.45) is 0 Å². The number of nitrogens with zero attached hydrogens (tertiary/aromatic N) is 1. The molecule has 0 bridgehead atoms. The van der Waals surface area contributed by atoms with Crippen LogP contribution in [0.5, 0.6) is 0 Å². The van der Waals surface area contributed by atoms with Crippen molar-refractivity contribution in [1.82, 2.24) is 15.5 Å². The van der Waals surface area contributed by atoms with Gasteiger partial charge < -0.3 is 16.2 Å². The van der Waals surface area contributed by atoms with Crippen LogP contribution in [0.25, 0.3) is 0 Å². The van der Waals surface area contributed by atoms with Crippen LogP contribution in [0.15, 0.2) is 6.07 Å².